The van der Waals surface area contributed by atoms with Crippen molar-refractivity contribution in [2.24, 2.45) is 5.92 Å². The molecular weight excluding hydrogens is 380 g/mol. The highest BCUT2D eigenvalue weighted by Crippen LogP contribution is 2.16. The van der Waals surface area contributed by atoms with Gasteiger partial charge >= 0.3 is 0 Å². The van der Waals surface area contributed by atoms with Crippen molar-refractivity contribution in [3.05, 3.63) is 64.7 Å². The maximum atomic E-state index is 12.0. The van der Waals surface area contributed by atoms with Gasteiger partial charge in [-0.05, 0) is 41.8 Å². The normalized spacial score (nSPS) is 11.7. The maximum absolute atomic E-state index is 12.0. The van der Waals surface area contributed by atoms with E-state index in [0.29, 0.717) is 17.3 Å². The Labute approximate surface area is 170 Å². The Morgan fingerprint density at radius 1 is 1.11 bits per heavy atom. The molecule has 0 aliphatic rings. The first-order chi connectivity index (χ1) is 13.0. The second-order valence-corrected chi connectivity index (χ2v) is 7.82. The zero-order valence-electron chi connectivity index (χ0n) is 15.6. The predicted molar refractivity (Wildman–Crippen MR) is 114 cm³/mol. The van der Waals surface area contributed by atoms with Crippen LogP contribution >= 0.6 is 23.4 Å². The molecule has 2 N–H and O–H groups in total. The number of halogens is 1. The second-order valence-electron chi connectivity index (χ2n) is 6.39. The lowest BCUT2D eigenvalue weighted by molar-refractivity contribution is -0.120. The SMILES string of the molecule is CCC(C)C(=O)Nc1cccc(CNC(=O)CSCc2ccc(Cl)cc2)c1. The molecule has 2 aromatic rings. The van der Waals surface area contributed by atoms with Crippen LogP contribution < -0.4 is 10.6 Å². The molecule has 6 heteroatoms. The molecule has 2 rings (SSSR count). The van der Waals surface area contributed by atoms with Crippen molar-refractivity contribution in [2.75, 3.05) is 11.1 Å². The van der Waals surface area contributed by atoms with Crippen LogP contribution in [0.2, 0.25) is 5.02 Å². The molecule has 0 spiro atoms. The highest BCUT2D eigenvalue weighted by atomic mass is 35.5. The van der Waals surface area contributed by atoms with E-state index in [4.69, 9.17) is 11.6 Å². The van der Waals surface area contributed by atoms with E-state index < -0.39 is 0 Å². The summed E-state index contributed by atoms with van der Waals surface area (Å²) in [6, 6.07) is 15.2. The number of thioether (sulfide) groups is 1. The Morgan fingerprint density at radius 3 is 2.56 bits per heavy atom. The standard InChI is InChI=1S/C21H25ClN2O2S/c1-3-15(2)21(26)24-19-6-4-5-17(11-19)12-23-20(25)14-27-13-16-7-9-18(22)10-8-16/h4-11,15H,3,12-14H2,1-2H3,(H,23,25)(H,24,26). The van der Waals surface area contributed by atoms with Crippen LogP contribution in [0.25, 0.3) is 0 Å². The highest BCUT2D eigenvalue weighted by Gasteiger charge is 2.10. The van der Waals surface area contributed by atoms with Gasteiger partial charge in [-0.25, -0.2) is 0 Å². The van der Waals surface area contributed by atoms with Crippen molar-refractivity contribution in [2.45, 2.75) is 32.6 Å². The molecular formula is C21H25ClN2O2S. The molecule has 0 saturated carbocycles. The van der Waals surface area contributed by atoms with Gasteiger partial charge in [-0.2, -0.15) is 0 Å². The average Bonchev–Trinajstić information content (AvgIpc) is 2.67. The molecule has 0 bridgehead atoms. The summed E-state index contributed by atoms with van der Waals surface area (Å²) in [6.07, 6.45) is 0.801. The molecule has 0 heterocycles. The third kappa shape index (κ3) is 7.65. The van der Waals surface area contributed by atoms with Gasteiger partial charge in [0.1, 0.15) is 0 Å². The van der Waals surface area contributed by atoms with Gasteiger partial charge in [0.25, 0.3) is 0 Å². The number of amides is 2. The van der Waals surface area contributed by atoms with E-state index in [1.807, 2.05) is 62.4 Å². The molecule has 4 nitrogen and oxygen atoms in total. The lowest BCUT2D eigenvalue weighted by atomic mass is 10.1. The fourth-order valence-corrected chi connectivity index (χ4v) is 3.25. The van der Waals surface area contributed by atoms with Crippen molar-refractivity contribution < 1.29 is 9.59 Å². The van der Waals surface area contributed by atoms with Crippen LogP contribution in [0.5, 0.6) is 0 Å². The summed E-state index contributed by atoms with van der Waals surface area (Å²) in [5, 5.41) is 6.54. The van der Waals surface area contributed by atoms with Gasteiger partial charge in [0.2, 0.25) is 11.8 Å². The van der Waals surface area contributed by atoms with Crippen LogP contribution in [-0.2, 0) is 21.9 Å². The largest absolute Gasteiger partial charge is 0.351 e. The summed E-state index contributed by atoms with van der Waals surface area (Å²) in [7, 11) is 0. The van der Waals surface area contributed by atoms with E-state index in [0.717, 1.165) is 29.0 Å². The Kier molecular flexibility index (Phi) is 8.69. The molecule has 0 radical (unpaired) electrons. The summed E-state index contributed by atoms with van der Waals surface area (Å²) < 4.78 is 0. The molecule has 0 fully saturated rings. The molecule has 0 aliphatic carbocycles. The van der Waals surface area contributed by atoms with Crippen LogP contribution in [-0.4, -0.2) is 17.6 Å². The Balaban J connectivity index is 1.75. The summed E-state index contributed by atoms with van der Waals surface area (Å²) in [5.41, 5.74) is 2.85. The van der Waals surface area contributed by atoms with Gasteiger partial charge < -0.3 is 10.6 Å². The van der Waals surface area contributed by atoms with E-state index in [-0.39, 0.29) is 17.7 Å². The van der Waals surface area contributed by atoms with Crippen molar-refractivity contribution in [1.82, 2.24) is 5.32 Å². The van der Waals surface area contributed by atoms with E-state index >= 15 is 0 Å². The minimum atomic E-state index is -0.0222. The van der Waals surface area contributed by atoms with E-state index in [1.54, 1.807) is 11.8 Å². The molecule has 0 aromatic heterocycles. The summed E-state index contributed by atoms with van der Waals surface area (Å²) >= 11 is 7.42. The number of carbonyl (C=O) groups is 2. The Morgan fingerprint density at radius 2 is 1.85 bits per heavy atom. The molecule has 0 aliphatic heterocycles. The van der Waals surface area contributed by atoms with Gasteiger partial charge in [-0.3, -0.25) is 9.59 Å². The van der Waals surface area contributed by atoms with E-state index in [1.165, 1.54) is 0 Å². The van der Waals surface area contributed by atoms with E-state index in [9.17, 15) is 9.59 Å². The lowest BCUT2D eigenvalue weighted by Gasteiger charge is -2.11. The molecule has 1 atom stereocenters. The van der Waals surface area contributed by atoms with Crippen molar-refractivity contribution in [1.29, 1.82) is 0 Å². The first-order valence-corrected chi connectivity index (χ1v) is 10.5. The molecule has 144 valence electrons. The van der Waals surface area contributed by atoms with Gasteiger partial charge in [0, 0.05) is 28.9 Å². The van der Waals surface area contributed by atoms with E-state index in [2.05, 4.69) is 10.6 Å². The summed E-state index contributed by atoms with van der Waals surface area (Å²) in [4.78, 5) is 24.0. The van der Waals surface area contributed by atoms with Crippen molar-refractivity contribution in [3.8, 4) is 0 Å². The van der Waals surface area contributed by atoms with Crippen LogP contribution in [0.3, 0.4) is 0 Å². The molecule has 2 amide bonds. The number of nitrogens with one attached hydrogen (secondary N) is 2. The zero-order valence-corrected chi connectivity index (χ0v) is 17.2. The third-order valence-electron chi connectivity index (χ3n) is 4.16. The fraction of sp³-hybridized carbons (Fsp3) is 0.333. The number of carbonyl (C=O) groups excluding carboxylic acids is 2. The van der Waals surface area contributed by atoms with Crippen LogP contribution in [0, 0.1) is 5.92 Å². The van der Waals surface area contributed by atoms with Gasteiger partial charge in [0.05, 0.1) is 5.75 Å². The van der Waals surface area contributed by atoms with Crippen LogP contribution in [0.1, 0.15) is 31.4 Å². The smallest absolute Gasteiger partial charge is 0.230 e. The second kappa shape index (κ2) is 11.0. The number of rotatable bonds is 9. The predicted octanol–water partition coefficient (Wildman–Crippen LogP) is 4.87. The number of hydrogen-bond acceptors (Lipinski definition) is 3. The molecule has 27 heavy (non-hydrogen) atoms. The van der Waals surface area contributed by atoms with Gasteiger partial charge in [-0.1, -0.05) is 49.7 Å². The van der Waals surface area contributed by atoms with Crippen LogP contribution in [0.15, 0.2) is 48.5 Å². The van der Waals surface area contributed by atoms with Gasteiger partial charge in [0.15, 0.2) is 0 Å². The van der Waals surface area contributed by atoms with Crippen LogP contribution in [0.4, 0.5) is 5.69 Å². The highest BCUT2D eigenvalue weighted by molar-refractivity contribution is 7.99. The van der Waals surface area contributed by atoms with Gasteiger partial charge in [-0.15, -0.1) is 11.8 Å². The summed E-state index contributed by atoms with van der Waals surface area (Å²) in [6.45, 7) is 4.33. The quantitative estimate of drug-likeness (QED) is 0.626. The fourth-order valence-electron chi connectivity index (χ4n) is 2.30. The molecule has 2 aromatic carbocycles. The molecule has 0 saturated heterocycles. The molecule has 1 unspecified atom stereocenters. The number of benzene rings is 2. The summed E-state index contributed by atoms with van der Waals surface area (Å²) in [5.74, 6) is 1.14. The third-order valence-corrected chi connectivity index (χ3v) is 5.42. The first-order valence-electron chi connectivity index (χ1n) is 8.96. The Bertz CT molecular complexity index is 765. The lowest BCUT2D eigenvalue weighted by Crippen LogP contribution is -2.25. The zero-order chi connectivity index (χ0) is 19.6. The minimum Gasteiger partial charge on any atom is -0.351 e. The minimum absolute atomic E-state index is 0.0111. The average molecular weight is 405 g/mol. The van der Waals surface area contributed by atoms with Crippen molar-refractivity contribution in [3.63, 3.8) is 0 Å². The monoisotopic (exact) mass is 404 g/mol. The maximum Gasteiger partial charge on any atom is 0.230 e. The number of hydrogen-bond donors (Lipinski definition) is 2. The Hall–Kier alpha value is -1.98. The van der Waals surface area contributed by atoms with Crippen molar-refractivity contribution >= 4 is 40.9 Å². The topological polar surface area (TPSA) is 58.2 Å². The first kappa shape index (κ1) is 21.3. The number of anilines is 1.